The highest BCUT2D eigenvalue weighted by Crippen LogP contribution is 2.24. The Hall–Kier alpha value is -0.870. The molecule has 96 valence electrons. The lowest BCUT2D eigenvalue weighted by atomic mass is 10.1. The van der Waals surface area contributed by atoms with Crippen LogP contribution in [-0.4, -0.2) is 28.8 Å². The lowest BCUT2D eigenvalue weighted by Crippen LogP contribution is -2.27. The number of nitrogens with one attached hydrogen (secondary N) is 1. The average molecular weight is 237 g/mol. The number of imidazole rings is 1. The van der Waals surface area contributed by atoms with Crippen molar-refractivity contribution in [2.24, 2.45) is 0 Å². The summed E-state index contributed by atoms with van der Waals surface area (Å²) in [7, 11) is 0. The average Bonchev–Trinajstić information content (AvgIpc) is 2.98. The zero-order valence-electron chi connectivity index (χ0n) is 10.9. The summed E-state index contributed by atoms with van der Waals surface area (Å²) in [4.78, 5) is 4.49. The molecule has 1 aromatic rings. The van der Waals surface area contributed by atoms with E-state index >= 15 is 0 Å². The van der Waals surface area contributed by atoms with Crippen molar-refractivity contribution in [2.45, 2.75) is 51.8 Å². The zero-order chi connectivity index (χ0) is 12.1. The molecule has 0 saturated carbocycles. The van der Waals surface area contributed by atoms with Crippen molar-refractivity contribution in [2.75, 3.05) is 13.2 Å². The molecule has 0 spiro atoms. The van der Waals surface area contributed by atoms with E-state index in [4.69, 9.17) is 4.74 Å². The first kappa shape index (κ1) is 12.6. The van der Waals surface area contributed by atoms with Crippen molar-refractivity contribution in [1.82, 2.24) is 14.9 Å². The van der Waals surface area contributed by atoms with E-state index in [0.717, 1.165) is 31.9 Å². The summed E-state index contributed by atoms with van der Waals surface area (Å²) in [5.41, 5.74) is 0. The molecule has 2 unspecified atom stereocenters. The summed E-state index contributed by atoms with van der Waals surface area (Å²) in [6.45, 7) is 7.16. The Morgan fingerprint density at radius 1 is 1.59 bits per heavy atom. The van der Waals surface area contributed by atoms with Crippen LogP contribution in [0.4, 0.5) is 0 Å². The third-order valence-corrected chi connectivity index (χ3v) is 3.37. The smallest absolute Gasteiger partial charge is 0.125 e. The molecule has 4 nitrogen and oxygen atoms in total. The highest BCUT2D eigenvalue weighted by Gasteiger charge is 2.23. The maximum absolute atomic E-state index is 5.72. The van der Waals surface area contributed by atoms with Gasteiger partial charge < -0.3 is 14.6 Å². The van der Waals surface area contributed by atoms with Gasteiger partial charge >= 0.3 is 0 Å². The van der Waals surface area contributed by atoms with Gasteiger partial charge in [0.15, 0.2) is 0 Å². The number of aryl methyl sites for hydroxylation is 1. The van der Waals surface area contributed by atoms with E-state index in [1.807, 2.05) is 6.20 Å². The van der Waals surface area contributed by atoms with Gasteiger partial charge in [0, 0.05) is 25.5 Å². The molecule has 2 atom stereocenters. The molecular weight excluding hydrogens is 214 g/mol. The Balaban J connectivity index is 2.04. The first-order valence-electron chi connectivity index (χ1n) is 6.71. The summed E-state index contributed by atoms with van der Waals surface area (Å²) in [6.07, 6.45) is 7.76. The van der Waals surface area contributed by atoms with Crippen molar-refractivity contribution < 1.29 is 4.74 Å². The highest BCUT2D eigenvalue weighted by molar-refractivity contribution is 5.00. The van der Waals surface area contributed by atoms with Crippen LogP contribution >= 0.6 is 0 Å². The van der Waals surface area contributed by atoms with Gasteiger partial charge in [0.25, 0.3) is 0 Å². The summed E-state index contributed by atoms with van der Waals surface area (Å²) >= 11 is 0. The maximum atomic E-state index is 5.72. The molecule has 0 aliphatic carbocycles. The predicted octanol–water partition coefficient (Wildman–Crippen LogP) is 2.12. The van der Waals surface area contributed by atoms with Gasteiger partial charge in [-0.3, -0.25) is 0 Å². The van der Waals surface area contributed by atoms with Crippen molar-refractivity contribution in [3.63, 3.8) is 0 Å². The van der Waals surface area contributed by atoms with E-state index in [9.17, 15) is 0 Å². The molecule has 1 aliphatic rings. The molecular formula is C13H23N3O. The molecule has 0 amide bonds. The molecule has 2 heterocycles. The molecule has 1 saturated heterocycles. The van der Waals surface area contributed by atoms with E-state index in [-0.39, 0.29) is 0 Å². The summed E-state index contributed by atoms with van der Waals surface area (Å²) in [5, 5.41) is 3.52. The molecule has 17 heavy (non-hydrogen) atoms. The topological polar surface area (TPSA) is 39.1 Å². The summed E-state index contributed by atoms with van der Waals surface area (Å²) in [6, 6.07) is 0.318. The van der Waals surface area contributed by atoms with Crippen molar-refractivity contribution in [3.8, 4) is 0 Å². The molecule has 1 aromatic heterocycles. The van der Waals surface area contributed by atoms with Crippen molar-refractivity contribution >= 4 is 0 Å². The molecule has 1 aliphatic heterocycles. The normalized spacial score (nSPS) is 21.9. The van der Waals surface area contributed by atoms with Gasteiger partial charge in [-0.1, -0.05) is 6.92 Å². The summed E-state index contributed by atoms with van der Waals surface area (Å²) < 4.78 is 7.93. The van der Waals surface area contributed by atoms with Gasteiger partial charge in [-0.15, -0.1) is 0 Å². The fourth-order valence-electron chi connectivity index (χ4n) is 2.52. The Kier molecular flexibility index (Phi) is 4.57. The van der Waals surface area contributed by atoms with E-state index in [2.05, 4.69) is 34.9 Å². The van der Waals surface area contributed by atoms with E-state index in [1.165, 1.54) is 12.8 Å². The first-order chi connectivity index (χ1) is 8.35. The largest absolute Gasteiger partial charge is 0.378 e. The van der Waals surface area contributed by atoms with Crippen LogP contribution in [0, 0.1) is 0 Å². The highest BCUT2D eigenvalue weighted by atomic mass is 16.5. The van der Waals surface area contributed by atoms with Gasteiger partial charge in [-0.05, 0) is 32.7 Å². The molecule has 2 rings (SSSR count). The van der Waals surface area contributed by atoms with Crippen LogP contribution in [0.25, 0.3) is 0 Å². The Labute approximate surface area is 103 Å². The van der Waals surface area contributed by atoms with E-state index in [1.54, 1.807) is 0 Å². The number of hydrogen-bond acceptors (Lipinski definition) is 3. The van der Waals surface area contributed by atoms with E-state index in [0.29, 0.717) is 12.1 Å². The Morgan fingerprint density at radius 3 is 3.12 bits per heavy atom. The third kappa shape index (κ3) is 3.07. The second-order valence-electron chi connectivity index (χ2n) is 4.55. The second kappa shape index (κ2) is 6.17. The van der Waals surface area contributed by atoms with Gasteiger partial charge in [-0.25, -0.2) is 4.98 Å². The Morgan fingerprint density at radius 2 is 2.47 bits per heavy atom. The van der Waals surface area contributed by atoms with Crippen LogP contribution in [0.15, 0.2) is 12.4 Å². The fraction of sp³-hybridized carbons (Fsp3) is 0.769. The standard InChI is InChI=1S/C13H23N3O/c1-3-14-12(10-11-6-5-9-17-11)13-15-7-8-16(13)4-2/h7-8,11-12,14H,3-6,9-10H2,1-2H3. The minimum Gasteiger partial charge on any atom is -0.378 e. The second-order valence-corrected chi connectivity index (χ2v) is 4.55. The lowest BCUT2D eigenvalue weighted by molar-refractivity contribution is 0.0934. The van der Waals surface area contributed by atoms with Crippen LogP contribution in [0.5, 0.6) is 0 Å². The quantitative estimate of drug-likeness (QED) is 0.823. The minimum atomic E-state index is 0.318. The molecule has 4 heteroatoms. The van der Waals surface area contributed by atoms with Crippen LogP contribution in [0.2, 0.25) is 0 Å². The van der Waals surface area contributed by atoms with Crippen molar-refractivity contribution in [1.29, 1.82) is 0 Å². The lowest BCUT2D eigenvalue weighted by Gasteiger charge is -2.21. The Bertz CT molecular complexity index is 331. The van der Waals surface area contributed by atoms with Crippen molar-refractivity contribution in [3.05, 3.63) is 18.2 Å². The predicted molar refractivity (Wildman–Crippen MR) is 67.9 cm³/mol. The molecule has 0 bridgehead atoms. The van der Waals surface area contributed by atoms with Crippen LogP contribution in [0.3, 0.4) is 0 Å². The number of aromatic nitrogens is 2. The van der Waals surface area contributed by atoms with Gasteiger partial charge in [0.05, 0.1) is 12.1 Å². The number of nitrogens with zero attached hydrogens (tertiary/aromatic N) is 2. The number of rotatable bonds is 6. The summed E-state index contributed by atoms with van der Waals surface area (Å²) in [5.74, 6) is 1.14. The minimum absolute atomic E-state index is 0.318. The maximum Gasteiger partial charge on any atom is 0.125 e. The molecule has 0 radical (unpaired) electrons. The SMILES string of the molecule is CCNC(CC1CCCO1)c1nccn1CC. The monoisotopic (exact) mass is 237 g/mol. The number of ether oxygens (including phenoxy) is 1. The van der Waals surface area contributed by atoms with Gasteiger partial charge in [0.2, 0.25) is 0 Å². The number of hydrogen-bond donors (Lipinski definition) is 1. The van der Waals surface area contributed by atoms with Crippen LogP contribution in [0.1, 0.15) is 45.0 Å². The van der Waals surface area contributed by atoms with Crippen LogP contribution < -0.4 is 5.32 Å². The molecule has 1 N–H and O–H groups in total. The third-order valence-electron chi connectivity index (χ3n) is 3.37. The molecule has 0 aromatic carbocycles. The fourth-order valence-corrected chi connectivity index (χ4v) is 2.52. The van der Waals surface area contributed by atoms with Gasteiger partial charge in [0.1, 0.15) is 5.82 Å². The molecule has 1 fully saturated rings. The first-order valence-corrected chi connectivity index (χ1v) is 6.71. The van der Waals surface area contributed by atoms with Crippen LogP contribution in [-0.2, 0) is 11.3 Å². The van der Waals surface area contributed by atoms with Gasteiger partial charge in [-0.2, -0.15) is 0 Å². The van der Waals surface area contributed by atoms with E-state index < -0.39 is 0 Å². The zero-order valence-corrected chi connectivity index (χ0v) is 10.9.